The van der Waals surface area contributed by atoms with E-state index in [1.807, 2.05) is 12.2 Å². The van der Waals surface area contributed by atoms with Gasteiger partial charge in [-0.15, -0.1) is 11.6 Å². The van der Waals surface area contributed by atoms with Crippen molar-refractivity contribution in [3.05, 3.63) is 28.2 Å². The zero-order chi connectivity index (χ0) is 5.11. The Balaban J connectivity index is 2.44. The van der Waals surface area contributed by atoms with Crippen LogP contribution in [-0.4, -0.2) is 0 Å². The van der Waals surface area contributed by atoms with E-state index < -0.39 is 0 Å². The van der Waals surface area contributed by atoms with Crippen LogP contribution in [0.4, 0.5) is 0 Å². The summed E-state index contributed by atoms with van der Waals surface area (Å²) >= 11 is 5.41. The highest BCUT2D eigenvalue weighted by Gasteiger charge is 1.93. The zero-order valence-corrected chi connectivity index (χ0v) is 5.36. The van der Waals surface area contributed by atoms with Crippen LogP contribution in [0.2, 0.25) is 0 Å². The Bertz CT molecular complexity index is 94.6. The zero-order valence-electron chi connectivity index (χ0n) is 3.71. The molecule has 0 fully saturated rings. The fourth-order valence-corrected chi connectivity index (χ4v) is 1.63. The van der Waals surface area contributed by atoms with E-state index in [4.69, 9.17) is 11.6 Å². The van der Waals surface area contributed by atoms with E-state index in [1.165, 1.54) is 0 Å². The van der Waals surface area contributed by atoms with Gasteiger partial charge in [0.25, 0.3) is 0 Å². The summed E-state index contributed by atoms with van der Waals surface area (Å²) in [6, 6.07) is 0. The first-order chi connectivity index (χ1) is 3.43. The lowest BCUT2D eigenvalue weighted by Crippen LogP contribution is -1.54. The van der Waals surface area contributed by atoms with Gasteiger partial charge in [0.05, 0.1) is 5.21 Å². The average Bonchev–Trinajstić information content (AvgIpc) is 2.14. The largest absolute Gasteiger partial charge is 0.195 e. The van der Waals surface area contributed by atoms with Gasteiger partial charge in [0.2, 0.25) is 0 Å². The molecule has 7 heavy (non-hydrogen) atoms. The van der Waals surface area contributed by atoms with E-state index in [1.54, 1.807) is 5.21 Å². The first kappa shape index (κ1) is 5.26. The Morgan fingerprint density at radius 3 is 2.14 bits per heavy atom. The van der Waals surface area contributed by atoms with Crippen LogP contribution < -0.4 is 0 Å². The second kappa shape index (κ2) is 2.43. The lowest BCUT2D eigenvalue weighted by atomic mass is 10.6. The Morgan fingerprint density at radius 2 is 1.86 bits per heavy atom. The average molecular weight is 134 g/mol. The van der Waals surface area contributed by atoms with Gasteiger partial charge >= 0.3 is 0 Å². The number of allylic oxidation sites excluding steroid dienone is 2. The second-order valence-corrected chi connectivity index (χ2v) is 3.50. The monoisotopic (exact) mass is 133 g/mol. The molecule has 0 saturated carbocycles. The summed E-state index contributed by atoms with van der Waals surface area (Å²) in [6.07, 6.45) is 4.04. The molecule has 0 aliphatic carbocycles. The molecular formula is C5H6ClS. The summed E-state index contributed by atoms with van der Waals surface area (Å²) in [4.78, 5) is 0. The molecule has 1 heterocycles. The molecule has 2 heteroatoms. The Hall–Kier alpha value is 0.120. The molecule has 0 spiro atoms. The smallest absolute Gasteiger partial charge is 0.0924 e. The van der Waals surface area contributed by atoms with Crippen LogP contribution >= 0.6 is 22.5 Å². The molecule has 0 unspecified atom stereocenters. The van der Waals surface area contributed by atoms with Gasteiger partial charge in [0, 0.05) is 0 Å². The molecule has 0 aromatic rings. The summed E-state index contributed by atoms with van der Waals surface area (Å²) in [5.74, 6) is 0. The molecule has 0 aromatic heterocycles. The molecule has 0 N–H and O–H groups in total. The highest BCUT2D eigenvalue weighted by atomic mass is 35.5. The SMILES string of the molecule is Cl[CH][SH]1C=CC=C1. The van der Waals surface area contributed by atoms with Gasteiger partial charge < -0.3 is 0 Å². The molecular weight excluding hydrogens is 128 g/mol. The third-order valence-corrected chi connectivity index (χ3v) is 2.67. The molecule has 1 radical (unpaired) electrons. The summed E-state index contributed by atoms with van der Waals surface area (Å²) in [5, 5.41) is 5.90. The number of thiol groups is 1. The van der Waals surface area contributed by atoms with E-state index in [-0.39, 0.29) is 10.9 Å². The molecule has 0 amide bonds. The van der Waals surface area contributed by atoms with Crippen molar-refractivity contribution in [2.24, 2.45) is 0 Å². The first-order valence-electron chi connectivity index (χ1n) is 1.99. The predicted molar refractivity (Wildman–Crippen MR) is 37.4 cm³/mol. The van der Waals surface area contributed by atoms with E-state index in [9.17, 15) is 0 Å². The van der Waals surface area contributed by atoms with Gasteiger partial charge in [-0.1, -0.05) is 12.2 Å². The van der Waals surface area contributed by atoms with Gasteiger partial charge in [-0.25, -0.2) is 0 Å². The molecule has 0 aromatic carbocycles. The maximum absolute atomic E-state index is 5.41. The van der Waals surface area contributed by atoms with E-state index >= 15 is 0 Å². The maximum atomic E-state index is 5.41. The molecule has 0 saturated heterocycles. The molecule has 1 aliphatic heterocycles. The van der Waals surface area contributed by atoms with Crippen molar-refractivity contribution in [1.29, 1.82) is 0 Å². The molecule has 0 bridgehead atoms. The van der Waals surface area contributed by atoms with E-state index in [0.717, 1.165) is 0 Å². The van der Waals surface area contributed by atoms with Crippen LogP contribution in [0.15, 0.2) is 23.0 Å². The third kappa shape index (κ3) is 1.25. The number of rotatable bonds is 1. The highest BCUT2D eigenvalue weighted by Crippen LogP contribution is 2.36. The summed E-state index contributed by atoms with van der Waals surface area (Å²) in [6.45, 7) is 0. The predicted octanol–water partition coefficient (Wildman–Crippen LogP) is 2.39. The Labute approximate surface area is 51.2 Å². The normalized spacial score (nSPS) is 21.6. The third-order valence-electron chi connectivity index (χ3n) is 0.740. The fraction of sp³-hybridized carbons (Fsp3) is 0. The first-order valence-corrected chi connectivity index (χ1v) is 3.98. The minimum absolute atomic E-state index is 0.164. The number of hydrogen-bond donors (Lipinski definition) is 1. The van der Waals surface area contributed by atoms with Crippen LogP contribution in [-0.2, 0) is 0 Å². The lowest BCUT2D eigenvalue weighted by molar-refractivity contribution is 2.15. The van der Waals surface area contributed by atoms with Crippen molar-refractivity contribution >= 4 is 22.5 Å². The summed E-state index contributed by atoms with van der Waals surface area (Å²) < 4.78 is 0. The van der Waals surface area contributed by atoms with E-state index in [0.29, 0.717) is 0 Å². The summed E-state index contributed by atoms with van der Waals surface area (Å²) in [5.41, 5.74) is 0. The number of halogens is 1. The fourth-order valence-electron chi connectivity index (χ4n) is 0.413. The van der Waals surface area contributed by atoms with Crippen LogP contribution in [0.25, 0.3) is 0 Å². The quantitative estimate of drug-likeness (QED) is 0.522. The van der Waals surface area contributed by atoms with Gasteiger partial charge in [-0.05, 0) is 10.8 Å². The van der Waals surface area contributed by atoms with Gasteiger partial charge in [-0.3, -0.25) is 0 Å². The van der Waals surface area contributed by atoms with Gasteiger partial charge in [-0.2, -0.15) is 10.9 Å². The maximum Gasteiger partial charge on any atom is 0.0924 e. The minimum atomic E-state index is -0.164. The number of hydrogen-bond acceptors (Lipinski definition) is 0. The van der Waals surface area contributed by atoms with Crippen molar-refractivity contribution in [3.8, 4) is 0 Å². The van der Waals surface area contributed by atoms with Crippen molar-refractivity contribution in [2.75, 3.05) is 0 Å². The van der Waals surface area contributed by atoms with Crippen LogP contribution in [0.1, 0.15) is 0 Å². The van der Waals surface area contributed by atoms with Crippen LogP contribution in [0.5, 0.6) is 0 Å². The molecule has 1 aliphatic rings. The lowest BCUT2D eigenvalue weighted by Gasteiger charge is -1.98. The highest BCUT2D eigenvalue weighted by molar-refractivity contribution is 8.24. The van der Waals surface area contributed by atoms with Crippen LogP contribution in [0, 0.1) is 5.21 Å². The van der Waals surface area contributed by atoms with Crippen LogP contribution in [0.3, 0.4) is 0 Å². The Kier molecular flexibility index (Phi) is 1.83. The molecule has 0 nitrogen and oxygen atoms in total. The van der Waals surface area contributed by atoms with Crippen molar-refractivity contribution in [2.45, 2.75) is 0 Å². The standard InChI is InChI=1S/C5H6ClS/c6-5-7-3-1-2-4-7/h1-5,7H. The molecule has 0 atom stereocenters. The van der Waals surface area contributed by atoms with Gasteiger partial charge in [0.1, 0.15) is 0 Å². The van der Waals surface area contributed by atoms with E-state index in [2.05, 4.69) is 10.8 Å². The topological polar surface area (TPSA) is 0 Å². The minimum Gasteiger partial charge on any atom is -0.195 e. The van der Waals surface area contributed by atoms with Crippen molar-refractivity contribution in [3.63, 3.8) is 0 Å². The van der Waals surface area contributed by atoms with Crippen molar-refractivity contribution in [1.82, 2.24) is 0 Å². The van der Waals surface area contributed by atoms with Crippen molar-refractivity contribution < 1.29 is 0 Å². The summed E-state index contributed by atoms with van der Waals surface area (Å²) in [7, 11) is -0.164. The molecule has 39 valence electrons. The Morgan fingerprint density at radius 1 is 1.29 bits per heavy atom. The second-order valence-electron chi connectivity index (χ2n) is 1.23. The van der Waals surface area contributed by atoms with Gasteiger partial charge in [0.15, 0.2) is 0 Å². The molecule has 1 rings (SSSR count).